The Morgan fingerprint density at radius 3 is 2.26 bits per heavy atom. The van der Waals surface area contributed by atoms with Crippen molar-refractivity contribution in [2.24, 2.45) is 5.92 Å². The van der Waals surface area contributed by atoms with Crippen molar-refractivity contribution >= 4 is 17.7 Å². The number of hydrogen-bond acceptors (Lipinski definition) is 7. The number of carbonyl (C=O) groups excluding carboxylic acids is 3. The van der Waals surface area contributed by atoms with Crippen LogP contribution in [0.3, 0.4) is 0 Å². The van der Waals surface area contributed by atoms with Gasteiger partial charge in [0.05, 0.1) is 25.7 Å². The molecule has 1 unspecified atom stereocenters. The van der Waals surface area contributed by atoms with E-state index >= 15 is 0 Å². The summed E-state index contributed by atoms with van der Waals surface area (Å²) in [4.78, 5) is 37.0. The van der Waals surface area contributed by atoms with Crippen molar-refractivity contribution in [3.8, 4) is 0 Å². The van der Waals surface area contributed by atoms with Gasteiger partial charge in [0.1, 0.15) is 18.0 Å². The van der Waals surface area contributed by atoms with E-state index < -0.39 is 23.5 Å². The molecule has 0 N–H and O–H groups in total. The maximum atomic E-state index is 12.6. The SMILES string of the molecule is CCOCCOCCC(=O)CC(CCC(=O)OCc1ccccc1)C(=O)OC(C)(C)C. The Morgan fingerprint density at radius 1 is 0.935 bits per heavy atom. The van der Waals surface area contributed by atoms with Gasteiger partial charge in [-0.1, -0.05) is 30.3 Å². The minimum atomic E-state index is -0.695. The number of hydrogen-bond donors (Lipinski definition) is 0. The first-order valence-electron chi connectivity index (χ1n) is 10.8. The summed E-state index contributed by atoms with van der Waals surface area (Å²) >= 11 is 0. The maximum absolute atomic E-state index is 12.6. The second kappa shape index (κ2) is 14.7. The molecule has 0 aliphatic carbocycles. The first-order chi connectivity index (χ1) is 14.7. The number of ketones is 1. The summed E-state index contributed by atoms with van der Waals surface area (Å²) in [5, 5.41) is 0. The van der Waals surface area contributed by atoms with E-state index in [0.717, 1.165) is 5.56 Å². The van der Waals surface area contributed by atoms with Crippen molar-refractivity contribution in [1.29, 1.82) is 0 Å². The Labute approximate surface area is 185 Å². The zero-order chi connectivity index (χ0) is 23.1. The van der Waals surface area contributed by atoms with Crippen LogP contribution in [-0.2, 0) is 39.9 Å². The van der Waals surface area contributed by atoms with Crippen LogP contribution in [0.4, 0.5) is 0 Å². The van der Waals surface area contributed by atoms with Gasteiger partial charge >= 0.3 is 11.9 Å². The molecular formula is C24H36O7. The standard InChI is InChI=1S/C24H36O7/c1-5-28-15-16-29-14-13-21(25)17-20(23(27)31-24(2,3)4)11-12-22(26)30-18-19-9-7-6-8-10-19/h6-10,20H,5,11-18H2,1-4H3. The maximum Gasteiger partial charge on any atom is 0.309 e. The van der Waals surface area contributed by atoms with Gasteiger partial charge in [-0.05, 0) is 39.7 Å². The summed E-state index contributed by atoms with van der Waals surface area (Å²) in [6.07, 6.45) is 0.438. The summed E-state index contributed by atoms with van der Waals surface area (Å²) < 4.78 is 21.2. The average Bonchev–Trinajstić information content (AvgIpc) is 2.71. The zero-order valence-electron chi connectivity index (χ0n) is 19.2. The molecule has 1 rings (SSSR count). The molecule has 0 radical (unpaired) electrons. The van der Waals surface area contributed by atoms with Crippen LogP contribution in [0, 0.1) is 5.92 Å². The van der Waals surface area contributed by atoms with E-state index in [1.165, 1.54) is 0 Å². The molecular weight excluding hydrogens is 400 g/mol. The Hall–Kier alpha value is -2.25. The van der Waals surface area contributed by atoms with E-state index in [1.807, 2.05) is 37.3 Å². The Kier molecular flexibility index (Phi) is 12.7. The smallest absolute Gasteiger partial charge is 0.309 e. The molecule has 31 heavy (non-hydrogen) atoms. The summed E-state index contributed by atoms with van der Waals surface area (Å²) in [6.45, 7) is 9.17. The van der Waals surface area contributed by atoms with Crippen LogP contribution in [0.25, 0.3) is 0 Å². The number of ether oxygens (including phenoxy) is 4. The van der Waals surface area contributed by atoms with Crippen LogP contribution >= 0.6 is 0 Å². The van der Waals surface area contributed by atoms with E-state index in [1.54, 1.807) is 20.8 Å². The Balaban J connectivity index is 2.50. The summed E-state index contributed by atoms with van der Waals surface area (Å²) in [7, 11) is 0. The molecule has 7 nitrogen and oxygen atoms in total. The molecule has 0 amide bonds. The molecule has 0 aliphatic rings. The van der Waals surface area contributed by atoms with Crippen LogP contribution in [0.1, 0.15) is 58.9 Å². The lowest BCUT2D eigenvalue weighted by Crippen LogP contribution is -2.30. The summed E-state index contributed by atoms with van der Waals surface area (Å²) in [5.41, 5.74) is 0.216. The van der Waals surface area contributed by atoms with Crippen molar-refractivity contribution in [1.82, 2.24) is 0 Å². The van der Waals surface area contributed by atoms with Gasteiger partial charge in [0, 0.05) is 25.9 Å². The quantitative estimate of drug-likeness (QED) is 0.305. The van der Waals surface area contributed by atoms with Gasteiger partial charge in [-0.25, -0.2) is 0 Å². The first kappa shape index (κ1) is 26.8. The predicted octanol–water partition coefficient (Wildman–Crippen LogP) is 3.87. The number of rotatable bonds is 15. The van der Waals surface area contributed by atoms with Gasteiger partial charge in [-0.15, -0.1) is 0 Å². The van der Waals surface area contributed by atoms with Crippen molar-refractivity contribution < 1.29 is 33.3 Å². The van der Waals surface area contributed by atoms with E-state index in [4.69, 9.17) is 18.9 Å². The molecule has 0 fully saturated rings. The fraction of sp³-hybridized carbons (Fsp3) is 0.625. The normalized spacial score (nSPS) is 12.3. The molecule has 7 heteroatoms. The van der Waals surface area contributed by atoms with E-state index in [2.05, 4.69) is 0 Å². The van der Waals surface area contributed by atoms with Gasteiger partial charge in [0.25, 0.3) is 0 Å². The molecule has 174 valence electrons. The third-order valence-electron chi connectivity index (χ3n) is 4.26. The largest absolute Gasteiger partial charge is 0.461 e. The molecule has 1 aromatic rings. The fourth-order valence-corrected chi connectivity index (χ4v) is 2.72. The topological polar surface area (TPSA) is 88.1 Å². The Morgan fingerprint density at radius 2 is 1.61 bits per heavy atom. The highest BCUT2D eigenvalue weighted by molar-refractivity contribution is 5.85. The molecule has 0 bridgehead atoms. The van der Waals surface area contributed by atoms with Gasteiger partial charge < -0.3 is 18.9 Å². The highest BCUT2D eigenvalue weighted by Crippen LogP contribution is 2.20. The van der Waals surface area contributed by atoms with E-state index in [-0.39, 0.29) is 44.7 Å². The molecule has 1 atom stereocenters. The minimum Gasteiger partial charge on any atom is -0.461 e. The molecule has 0 saturated heterocycles. The van der Waals surface area contributed by atoms with Gasteiger partial charge in [-0.3, -0.25) is 14.4 Å². The third-order valence-corrected chi connectivity index (χ3v) is 4.26. The lowest BCUT2D eigenvalue weighted by atomic mass is 9.95. The lowest BCUT2D eigenvalue weighted by molar-refractivity contribution is -0.162. The predicted molar refractivity (Wildman–Crippen MR) is 116 cm³/mol. The van der Waals surface area contributed by atoms with Crippen LogP contribution in [-0.4, -0.2) is 49.8 Å². The third kappa shape index (κ3) is 13.6. The summed E-state index contributed by atoms with van der Waals surface area (Å²) in [5.74, 6) is -1.69. The monoisotopic (exact) mass is 436 g/mol. The molecule has 1 aromatic carbocycles. The van der Waals surface area contributed by atoms with Gasteiger partial charge in [0.15, 0.2) is 0 Å². The van der Waals surface area contributed by atoms with Crippen molar-refractivity contribution in [3.05, 3.63) is 35.9 Å². The molecule has 0 saturated carbocycles. The van der Waals surface area contributed by atoms with Crippen molar-refractivity contribution in [2.75, 3.05) is 26.4 Å². The Bertz CT molecular complexity index is 664. The van der Waals surface area contributed by atoms with E-state index in [0.29, 0.717) is 19.8 Å². The number of esters is 2. The minimum absolute atomic E-state index is 0.00962. The second-order valence-electron chi connectivity index (χ2n) is 8.22. The molecule has 0 aromatic heterocycles. The first-order valence-corrected chi connectivity index (χ1v) is 10.8. The highest BCUT2D eigenvalue weighted by Gasteiger charge is 2.28. The molecule has 0 aliphatic heterocycles. The van der Waals surface area contributed by atoms with Gasteiger partial charge in [-0.2, -0.15) is 0 Å². The number of Topliss-reactive ketones (excluding diaryl/α,β-unsaturated/α-hetero) is 1. The number of benzene rings is 1. The van der Waals surface area contributed by atoms with Crippen LogP contribution in [0.15, 0.2) is 30.3 Å². The van der Waals surface area contributed by atoms with Crippen LogP contribution in [0.5, 0.6) is 0 Å². The number of carbonyl (C=O) groups is 3. The summed E-state index contributed by atoms with van der Waals surface area (Å²) in [6, 6.07) is 9.36. The van der Waals surface area contributed by atoms with E-state index in [9.17, 15) is 14.4 Å². The van der Waals surface area contributed by atoms with Crippen LogP contribution < -0.4 is 0 Å². The highest BCUT2D eigenvalue weighted by atomic mass is 16.6. The molecule has 0 spiro atoms. The average molecular weight is 437 g/mol. The van der Waals surface area contributed by atoms with Crippen molar-refractivity contribution in [2.45, 2.75) is 65.6 Å². The van der Waals surface area contributed by atoms with Crippen LogP contribution in [0.2, 0.25) is 0 Å². The zero-order valence-corrected chi connectivity index (χ0v) is 19.2. The van der Waals surface area contributed by atoms with Crippen molar-refractivity contribution in [3.63, 3.8) is 0 Å². The fourth-order valence-electron chi connectivity index (χ4n) is 2.72. The lowest BCUT2D eigenvalue weighted by Gasteiger charge is -2.23. The molecule has 0 heterocycles. The van der Waals surface area contributed by atoms with Gasteiger partial charge in [0.2, 0.25) is 0 Å². The second-order valence-corrected chi connectivity index (χ2v) is 8.22.